The number of benzene rings is 3. The van der Waals surface area contributed by atoms with E-state index < -0.39 is 0 Å². The number of nitrogens with zero attached hydrogens (tertiary/aromatic N) is 3. The second-order valence-corrected chi connectivity index (χ2v) is 9.89. The molecule has 0 radical (unpaired) electrons. The zero-order valence-electron chi connectivity index (χ0n) is 21.2. The average Bonchev–Trinajstić information content (AvgIpc) is 3.37. The van der Waals surface area contributed by atoms with Crippen LogP contribution in [0.3, 0.4) is 0 Å². The molecule has 7 heteroatoms. The zero-order valence-corrected chi connectivity index (χ0v) is 22.0. The van der Waals surface area contributed by atoms with Crippen LogP contribution < -0.4 is 5.32 Å². The van der Waals surface area contributed by atoms with Crippen molar-refractivity contribution in [2.75, 3.05) is 13.1 Å². The summed E-state index contributed by atoms with van der Waals surface area (Å²) < 4.78 is 1.78. The molecule has 192 valence electrons. The standard InChI is InChI=1S/C31H29ClN4O2/c1-22-10-12-24(13-11-22)30(37)33-28(31(38)35-18-6-3-7-19-35)20-25-21-36(27-8-4-2-5-9-27)34-29(25)23-14-16-26(32)17-15-23/h2,4-5,8-17,20-21H,3,6-7,18-19H2,1H3,(H,33,37)/b28-20-. The molecular weight excluding hydrogens is 496 g/mol. The van der Waals surface area contributed by atoms with Crippen molar-refractivity contribution in [1.82, 2.24) is 20.0 Å². The highest BCUT2D eigenvalue weighted by Gasteiger charge is 2.24. The molecule has 2 heterocycles. The monoisotopic (exact) mass is 524 g/mol. The Hall–Kier alpha value is -4.16. The van der Waals surface area contributed by atoms with E-state index in [0.717, 1.165) is 36.1 Å². The largest absolute Gasteiger partial charge is 0.337 e. The van der Waals surface area contributed by atoms with Gasteiger partial charge >= 0.3 is 0 Å². The number of piperidine rings is 1. The van der Waals surface area contributed by atoms with Crippen molar-refractivity contribution >= 4 is 29.5 Å². The first-order valence-corrected chi connectivity index (χ1v) is 13.2. The third-order valence-corrected chi connectivity index (χ3v) is 6.87. The number of carbonyl (C=O) groups is 2. The maximum absolute atomic E-state index is 13.7. The second-order valence-electron chi connectivity index (χ2n) is 9.45. The van der Waals surface area contributed by atoms with E-state index in [-0.39, 0.29) is 17.5 Å². The number of hydrogen-bond acceptors (Lipinski definition) is 3. The van der Waals surface area contributed by atoms with Gasteiger partial charge in [0.15, 0.2) is 0 Å². The minimum Gasteiger partial charge on any atom is -0.337 e. The molecule has 1 aliphatic heterocycles. The Kier molecular flexibility index (Phi) is 7.70. The van der Waals surface area contributed by atoms with Crippen LogP contribution in [-0.4, -0.2) is 39.6 Å². The first-order valence-electron chi connectivity index (χ1n) is 12.8. The van der Waals surface area contributed by atoms with E-state index in [1.165, 1.54) is 0 Å². The molecule has 2 amide bonds. The highest BCUT2D eigenvalue weighted by atomic mass is 35.5. The van der Waals surface area contributed by atoms with Crippen LogP contribution in [0.1, 0.15) is 40.7 Å². The van der Waals surface area contributed by atoms with Crippen molar-refractivity contribution in [3.63, 3.8) is 0 Å². The van der Waals surface area contributed by atoms with E-state index in [4.69, 9.17) is 16.7 Å². The molecule has 0 aliphatic carbocycles. The molecule has 38 heavy (non-hydrogen) atoms. The maximum atomic E-state index is 13.7. The van der Waals surface area contributed by atoms with Crippen LogP contribution in [0.15, 0.2) is 90.8 Å². The van der Waals surface area contributed by atoms with Crippen LogP contribution in [0.2, 0.25) is 5.02 Å². The molecule has 6 nitrogen and oxygen atoms in total. The maximum Gasteiger partial charge on any atom is 0.270 e. The number of aromatic nitrogens is 2. The number of carbonyl (C=O) groups excluding carboxylic acids is 2. The van der Waals surface area contributed by atoms with Crippen LogP contribution >= 0.6 is 11.6 Å². The second kappa shape index (κ2) is 11.5. The van der Waals surface area contributed by atoms with Gasteiger partial charge in [0.25, 0.3) is 11.8 Å². The lowest BCUT2D eigenvalue weighted by atomic mass is 10.1. The van der Waals surface area contributed by atoms with E-state index in [2.05, 4.69) is 5.32 Å². The fourth-order valence-electron chi connectivity index (χ4n) is 4.51. The summed E-state index contributed by atoms with van der Waals surface area (Å²) in [4.78, 5) is 28.7. The van der Waals surface area contributed by atoms with Gasteiger partial charge in [-0.3, -0.25) is 9.59 Å². The highest BCUT2D eigenvalue weighted by molar-refractivity contribution is 6.30. The molecule has 3 aromatic carbocycles. The molecule has 1 saturated heterocycles. The van der Waals surface area contributed by atoms with Gasteiger partial charge in [-0.2, -0.15) is 5.10 Å². The summed E-state index contributed by atoms with van der Waals surface area (Å²) in [7, 11) is 0. The topological polar surface area (TPSA) is 67.2 Å². The average molecular weight is 525 g/mol. The number of nitrogens with one attached hydrogen (secondary N) is 1. The van der Waals surface area contributed by atoms with Crippen molar-refractivity contribution in [3.05, 3.63) is 112 Å². The number of halogens is 1. The van der Waals surface area contributed by atoms with Crippen molar-refractivity contribution in [2.45, 2.75) is 26.2 Å². The Morgan fingerprint density at radius 1 is 0.895 bits per heavy atom. The summed E-state index contributed by atoms with van der Waals surface area (Å²) in [5, 5.41) is 8.38. The fraction of sp³-hybridized carbons (Fsp3) is 0.194. The van der Waals surface area contributed by atoms with Gasteiger partial charge < -0.3 is 10.2 Å². The zero-order chi connectivity index (χ0) is 26.5. The Balaban J connectivity index is 1.58. The summed E-state index contributed by atoms with van der Waals surface area (Å²) >= 11 is 6.14. The number of para-hydroxylation sites is 1. The lowest BCUT2D eigenvalue weighted by molar-refractivity contribution is -0.128. The van der Waals surface area contributed by atoms with Crippen LogP contribution in [0, 0.1) is 6.92 Å². The minimum absolute atomic E-state index is 0.195. The molecule has 0 atom stereocenters. The smallest absolute Gasteiger partial charge is 0.270 e. The van der Waals surface area contributed by atoms with E-state index in [1.807, 2.05) is 84.8 Å². The Labute approximate surface area is 227 Å². The molecule has 1 aromatic heterocycles. The number of hydrogen-bond donors (Lipinski definition) is 1. The summed E-state index contributed by atoms with van der Waals surface area (Å²) in [6.07, 6.45) is 6.61. The first-order chi connectivity index (χ1) is 18.5. The van der Waals surface area contributed by atoms with Crippen LogP contribution in [0.25, 0.3) is 23.0 Å². The van der Waals surface area contributed by atoms with Gasteiger partial charge in [-0.1, -0.05) is 59.6 Å². The van der Waals surface area contributed by atoms with E-state index in [0.29, 0.717) is 34.9 Å². The SMILES string of the molecule is Cc1ccc(C(=O)N/C(=C\c2cn(-c3ccccc3)nc2-c2ccc(Cl)cc2)C(=O)N2CCCCC2)cc1. The lowest BCUT2D eigenvalue weighted by Gasteiger charge is -2.27. The van der Waals surface area contributed by atoms with E-state index in [1.54, 1.807) is 22.9 Å². The lowest BCUT2D eigenvalue weighted by Crippen LogP contribution is -2.41. The van der Waals surface area contributed by atoms with Gasteiger partial charge in [0, 0.05) is 41.0 Å². The van der Waals surface area contributed by atoms with Gasteiger partial charge in [0.1, 0.15) is 11.4 Å². The molecule has 0 unspecified atom stereocenters. The summed E-state index contributed by atoms with van der Waals surface area (Å²) in [5.41, 5.74) is 4.90. The summed E-state index contributed by atoms with van der Waals surface area (Å²) in [6, 6.07) is 24.5. The Morgan fingerprint density at radius 2 is 1.58 bits per heavy atom. The molecule has 0 spiro atoms. The van der Waals surface area contributed by atoms with Crippen LogP contribution in [-0.2, 0) is 4.79 Å². The van der Waals surface area contributed by atoms with Crippen molar-refractivity contribution in [3.8, 4) is 16.9 Å². The molecule has 5 rings (SSSR count). The minimum atomic E-state index is -0.329. The number of amides is 2. The van der Waals surface area contributed by atoms with Gasteiger partial charge in [-0.15, -0.1) is 0 Å². The van der Waals surface area contributed by atoms with Crippen molar-refractivity contribution < 1.29 is 9.59 Å². The molecule has 0 saturated carbocycles. The predicted molar refractivity (Wildman–Crippen MR) is 151 cm³/mol. The van der Waals surface area contributed by atoms with Gasteiger partial charge in [-0.05, 0) is 68.7 Å². The summed E-state index contributed by atoms with van der Waals surface area (Å²) in [6.45, 7) is 3.31. The molecule has 1 N–H and O–H groups in total. The number of aryl methyl sites for hydroxylation is 1. The van der Waals surface area contributed by atoms with Gasteiger partial charge in [0.05, 0.1) is 5.69 Å². The van der Waals surface area contributed by atoms with Crippen LogP contribution in [0.5, 0.6) is 0 Å². The number of likely N-dealkylation sites (tertiary alicyclic amines) is 1. The Bertz CT molecular complexity index is 1450. The van der Waals surface area contributed by atoms with Crippen LogP contribution in [0.4, 0.5) is 0 Å². The first kappa shape index (κ1) is 25.5. The quantitative estimate of drug-likeness (QED) is 0.302. The Morgan fingerprint density at radius 3 is 2.26 bits per heavy atom. The van der Waals surface area contributed by atoms with E-state index in [9.17, 15) is 9.59 Å². The fourth-order valence-corrected chi connectivity index (χ4v) is 4.64. The van der Waals surface area contributed by atoms with Gasteiger partial charge in [-0.25, -0.2) is 4.68 Å². The molecule has 0 bridgehead atoms. The predicted octanol–water partition coefficient (Wildman–Crippen LogP) is 6.28. The molecular formula is C31H29ClN4O2. The van der Waals surface area contributed by atoms with Gasteiger partial charge in [0.2, 0.25) is 0 Å². The molecule has 1 fully saturated rings. The van der Waals surface area contributed by atoms with Crippen molar-refractivity contribution in [2.24, 2.45) is 0 Å². The normalized spacial score (nSPS) is 13.8. The third-order valence-electron chi connectivity index (χ3n) is 6.62. The summed E-state index contributed by atoms with van der Waals surface area (Å²) in [5.74, 6) is -0.523. The molecule has 4 aromatic rings. The highest BCUT2D eigenvalue weighted by Crippen LogP contribution is 2.27. The third kappa shape index (κ3) is 5.87. The van der Waals surface area contributed by atoms with Crippen molar-refractivity contribution in [1.29, 1.82) is 0 Å². The molecule has 1 aliphatic rings. The van der Waals surface area contributed by atoms with E-state index >= 15 is 0 Å². The number of rotatable bonds is 6.